The van der Waals surface area contributed by atoms with E-state index in [1.165, 1.54) is 12.1 Å². The van der Waals surface area contributed by atoms with Crippen LogP contribution < -0.4 is 10.6 Å². The fraction of sp³-hybridized carbons (Fsp3) is 0.400. The van der Waals surface area contributed by atoms with Gasteiger partial charge >= 0.3 is 0 Å². The first-order valence-electron chi connectivity index (χ1n) is 11.2. The average Bonchev–Trinajstić information content (AvgIpc) is 2.85. The second-order valence-electron chi connectivity index (χ2n) is 8.06. The van der Waals surface area contributed by atoms with Crippen molar-refractivity contribution in [3.8, 4) is 0 Å². The fourth-order valence-electron chi connectivity index (χ4n) is 3.99. The second-order valence-corrected chi connectivity index (χ2v) is 8.06. The highest BCUT2D eigenvalue weighted by atomic mass is 19.1. The molecule has 1 saturated heterocycles. The molecule has 176 valence electrons. The third-order valence-corrected chi connectivity index (χ3v) is 5.83. The van der Waals surface area contributed by atoms with Crippen LogP contribution in [-0.4, -0.2) is 62.0 Å². The summed E-state index contributed by atoms with van der Waals surface area (Å²) in [7, 11) is 1.60. The van der Waals surface area contributed by atoms with E-state index in [2.05, 4.69) is 10.6 Å². The van der Waals surface area contributed by atoms with Crippen LogP contribution in [-0.2, 0) is 9.53 Å². The van der Waals surface area contributed by atoms with Crippen molar-refractivity contribution >= 4 is 17.7 Å². The van der Waals surface area contributed by atoms with E-state index < -0.39 is 11.9 Å². The van der Waals surface area contributed by atoms with Crippen LogP contribution in [0.4, 0.5) is 4.39 Å². The largest absolute Gasteiger partial charge is 0.385 e. The molecule has 0 aliphatic carbocycles. The van der Waals surface area contributed by atoms with Gasteiger partial charge < -0.3 is 20.3 Å². The molecule has 2 aromatic carbocycles. The number of benzene rings is 2. The van der Waals surface area contributed by atoms with E-state index in [1.54, 1.807) is 48.4 Å². The van der Waals surface area contributed by atoms with E-state index in [0.717, 1.165) is 0 Å². The Morgan fingerprint density at radius 1 is 1.06 bits per heavy atom. The molecule has 2 N–H and O–H groups in total. The zero-order valence-corrected chi connectivity index (χ0v) is 18.8. The van der Waals surface area contributed by atoms with Crippen LogP contribution >= 0.6 is 0 Å². The minimum atomic E-state index is -0.731. The minimum Gasteiger partial charge on any atom is -0.385 e. The first-order valence-corrected chi connectivity index (χ1v) is 11.2. The molecule has 0 spiro atoms. The summed E-state index contributed by atoms with van der Waals surface area (Å²) in [5.41, 5.74) is 0.516. The molecule has 1 heterocycles. The van der Waals surface area contributed by atoms with E-state index in [-0.39, 0.29) is 29.2 Å². The van der Waals surface area contributed by atoms with Crippen molar-refractivity contribution in [3.05, 3.63) is 71.5 Å². The van der Waals surface area contributed by atoms with Crippen LogP contribution in [0, 0.1) is 11.7 Å². The smallest absolute Gasteiger partial charge is 0.256 e. The van der Waals surface area contributed by atoms with Crippen molar-refractivity contribution in [2.45, 2.75) is 25.3 Å². The van der Waals surface area contributed by atoms with Gasteiger partial charge in [0, 0.05) is 38.9 Å². The lowest BCUT2D eigenvalue weighted by atomic mass is 9.88. The molecule has 1 aliphatic rings. The molecule has 0 saturated carbocycles. The van der Waals surface area contributed by atoms with E-state index in [4.69, 9.17) is 4.74 Å². The van der Waals surface area contributed by atoms with Crippen molar-refractivity contribution in [2.24, 2.45) is 5.92 Å². The van der Waals surface area contributed by atoms with Gasteiger partial charge in [-0.05, 0) is 49.4 Å². The topological polar surface area (TPSA) is 87.7 Å². The Morgan fingerprint density at radius 3 is 2.39 bits per heavy atom. The van der Waals surface area contributed by atoms with Crippen LogP contribution in [0.1, 0.15) is 40.0 Å². The number of halogens is 1. The number of carbonyl (C=O) groups is 3. The predicted octanol–water partition coefficient (Wildman–Crippen LogP) is 2.63. The highest BCUT2D eigenvalue weighted by Gasteiger charge is 2.34. The first-order chi connectivity index (χ1) is 16.0. The van der Waals surface area contributed by atoms with Crippen molar-refractivity contribution in [2.75, 3.05) is 33.4 Å². The van der Waals surface area contributed by atoms with E-state index in [1.807, 2.05) is 6.07 Å². The third kappa shape index (κ3) is 6.61. The van der Waals surface area contributed by atoms with Gasteiger partial charge in [-0.1, -0.05) is 30.3 Å². The van der Waals surface area contributed by atoms with Gasteiger partial charge in [-0.2, -0.15) is 0 Å². The Bertz CT molecular complexity index is 946. The summed E-state index contributed by atoms with van der Waals surface area (Å²) in [6.45, 7) is 1.73. The van der Waals surface area contributed by atoms with Gasteiger partial charge in [0.25, 0.3) is 11.8 Å². The SMILES string of the molecule is COCCCNC(=O)[C@@H](NC(=O)c1ccccc1)C1CCN(C(=O)c2ccccc2F)CC1. The van der Waals surface area contributed by atoms with Crippen molar-refractivity contribution in [1.82, 2.24) is 15.5 Å². The Kier molecular flexibility index (Phi) is 8.95. The van der Waals surface area contributed by atoms with E-state index in [9.17, 15) is 18.8 Å². The van der Waals surface area contributed by atoms with Gasteiger partial charge in [0.15, 0.2) is 0 Å². The Morgan fingerprint density at radius 2 is 1.73 bits per heavy atom. The average molecular weight is 456 g/mol. The second kappa shape index (κ2) is 12.1. The molecular weight excluding hydrogens is 425 g/mol. The summed E-state index contributed by atoms with van der Waals surface area (Å²) in [6.07, 6.45) is 1.70. The van der Waals surface area contributed by atoms with Crippen LogP contribution in [0.5, 0.6) is 0 Å². The maximum absolute atomic E-state index is 14.0. The number of likely N-dealkylation sites (tertiary alicyclic amines) is 1. The summed E-state index contributed by atoms with van der Waals surface area (Å²) in [4.78, 5) is 40.0. The van der Waals surface area contributed by atoms with Crippen LogP contribution in [0.3, 0.4) is 0 Å². The first kappa shape index (κ1) is 24.4. The van der Waals surface area contributed by atoms with Crippen molar-refractivity contribution in [3.63, 3.8) is 0 Å². The number of carbonyl (C=O) groups excluding carboxylic acids is 3. The van der Waals surface area contributed by atoms with Crippen molar-refractivity contribution in [1.29, 1.82) is 0 Å². The Hall–Kier alpha value is -3.26. The number of hydrogen-bond acceptors (Lipinski definition) is 4. The molecule has 0 aromatic heterocycles. The summed E-state index contributed by atoms with van der Waals surface area (Å²) in [5.74, 6) is -1.63. The molecule has 1 fully saturated rings. The predicted molar refractivity (Wildman–Crippen MR) is 122 cm³/mol. The van der Waals surface area contributed by atoms with Crippen LogP contribution in [0.2, 0.25) is 0 Å². The summed E-state index contributed by atoms with van der Waals surface area (Å²) in [6, 6.07) is 13.9. The quantitative estimate of drug-likeness (QED) is 0.569. The van der Waals surface area contributed by atoms with Gasteiger partial charge in [-0.15, -0.1) is 0 Å². The zero-order chi connectivity index (χ0) is 23.6. The van der Waals surface area contributed by atoms with Gasteiger partial charge in [0.2, 0.25) is 5.91 Å². The fourth-order valence-corrected chi connectivity index (χ4v) is 3.99. The summed E-state index contributed by atoms with van der Waals surface area (Å²) in [5, 5.41) is 5.76. The molecule has 1 aliphatic heterocycles. The number of rotatable bonds is 9. The number of hydrogen-bond donors (Lipinski definition) is 2. The number of nitrogens with one attached hydrogen (secondary N) is 2. The van der Waals surface area contributed by atoms with Gasteiger partial charge in [0.1, 0.15) is 11.9 Å². The molecule has 0 unspecified atom stereocenters. The van der Waals surface area contributed by atoms with Crippen LogP contribution in [0.15, 0.2) is 54.6 Å². The lowest BCUT2D eigenvalue weighted by molar-refractivity contribution is -0.124. The highest BCUT2D eigenvalue weighted by molar-refractivity contribution is 5.97. The zero-order valence-electron chi connectivity index (χ0n) is 18.8. The molecule has 7 nitrogen and oxygen atoms in total. The Balaban J connectivity index is 1.66. The molecule has 33 heavy (non-hydrogen) atoms. The molecule has 3 amide bonds. The maximum atomic E-state index is 14.0. The molecular formula is C25H30FN3O4. The lowest BCUT2D eigenvalue weighted by Gasteiger charge is -2.36. The molecule has 3 rings (SSSR count). The number of nitrogens with zero attached hydrogens (tertiary/aromatic N) is 1. The summed E-state index contributed by atoms with van der Waals surface area (Å²) >= 11 is 0. The van der Waals surface area contributed by atoms with Gasteiger partial charge in [-0.25, -0.2) is 4.39 Å². The Labute approximate surface area is 193 Å². The number of piperidine rings is 1. The number of methoxy groups -OCH3 is 1. The lowest BCUT2D eigenvalue weighted by Crippen LogP contribution is -2.54. The molecule has 1 atom stereocenters. The maximum Gasteiger partial charge on any atom is 0.256 e. The molecule has 0 bridgehead atoms. The number of amides is 3. The van der Waals surface area contributed by atoms with E-state index in [0.29, 0.717) is 51.1 Å². The highest BCUT2D eigenvalue weighted by Crippen LogP contribution is 2.23. The monoisotopic (exact) mass is 455 g/mol. The molecule has 8 heteroatoms. The third-order valence-electron chi connectivity index (χ3n) is 5.83. The van der Waals surface area contributed by atoms with Crippen molar-refractivity contribution < 1.29 is 23.5 Å². The van der Waals surface area contributed by atoms with E-state index >= 15 is 0 Å². The minimum absolute atomic E-state index is 0.0424. The molecule has 2 aromatic rings. The van der Waals surface area contributed by atoms with Gasteiger partial charge in [0.05, 0.1) is 5.56 Å². The standard InChI is InChI=1S/C25H30FN3O4/c1-33-17-7-14-27-24(31)22(28-23(30)19-8-3-2-4-9-19)18-12-15-29(16-13-18)25(32)20-10-5-6-11-21(20)26/h2-6,8-11,18,22H,7,12-17H2,1H3,(H,27,31)(H,28,30)/t22-/m0/s1. The molecule has 0 radical (unpaired) electrons. The summed E-state index contributed by atoms with van der Waals surface area (Å²) < 4.78 is 19.0. The number of ether oxygens (including phenoxy) is 1. The normalized spacial score (nSPS) is 15.0. The van der Waals surface area contributed by atoms with Gasteiger partial charge in [-0.3, -0.25) is 14.4 Å². The van der Waals surface area contributed by atoms with Crippen LogP contribution in [0.25, 0.3) is 0 Å².